The summed E-state index contributed by atoms with van der Waals surface area (Å²) in [5.74, 6) is -1.33. The topological polar surface area (TPSA) is 102 Å². The van der Waals surface area contributed by atoms with Crippen molar-refractivity contribution in [3.05, 3.63) is 79.1 Å². The van der Waals surface area contributed by atoms with Crippen LogP contribution in [-0.4, -0.2) is 24.3 Å². The van der Waals surface area contributed by atoms with Gasteiger partial charge in [-0.25, -0.2) is 4.79 Å². The van der Waals surface area contributed by atoms with Gasteiger partial charge in [0.2, 0.25) is 5.91 Å². The molecule has 0 fully saturated rings. The maximum Gasteiger partial charge on any atom is 0.339 e. The van der Waals surface area contributed by atoms with Crippen molar-refractivity contribution >= 4 is 60.9 Å². The lowest BCUT2D eigenvalue weighted by molar-refractivity contribution is -0.140. The standard InChI is InChI=1S/C28H27Br2N3O4/c1-5-37-25(35)23-24(31)33(19-9-7-15(29)11-17(19)30)20-12-27(3,4)13-21(34)22(20)28(23)16-10-14(2)6-8-18(16)32-26(28)36/h6-11H,5,12-13,31H2,1-4H3,(H,32,36). The molecule has 2 aliphatic heterocycles. The number of amides is 1. The molecule has 9 heteroatoms. The Morgan fingerprint density at radius 1 is 1.14 bits per heavy atom. The molecular weight excluding hydrogens is 602 g/mol. The molecule has 3 aliphatic rings. The molecule has 3 N–H and O–H groups in total. The Hall–Kier alpha value is -2.91. The number of aryl methyl sites for hydroxylation is 1. The highest BCUT2D eigenvalue weighted by atomic mass is 79.9. The van der Waals surface area contributed by atoms with Gasteiger partial charge in [-0.2, -0.15) is 0 Å². The first-order valence-corrected chi connectivity index (χ1v) is 13.6. The quantitative estimate of drug-likeness (QED) is 0.429. The molecule has 0 saturated carbocycles. The van der Waals surface area contributed by atoms with Crippen LogP contribution in [0.25, 0.3) is 0 Å². The van der Waals surface area contributed by atoms with Crippen molar-refractivity contribution in [2.75, 3.05) is 16.8 Å². The molecular formula is C28H27Br2N3O4. The molecule has 1 atom stereocenters. The van der Waals surface area contributed by atoms with Crippen molar-refractivity contribution in [1.82, 2.24) is 0 Å². The number of nitrogens with zero attached hydrogens (tertiary/aromatic N) is 1. The number of ketones is 1. The van der Waals surface area contributed by atoms with Crippen LogP contribution in [0.1, 0.15) is 44.7 Å². The number of Topliss-reactive ketones (excluding diaryl/α,β-unsaturated/α-hetero) is 1. The summed E-state index contributed by atoms with van der Waals surface area (Å²) < 4.78 is 7.04. The second-order valence-electron chi connectivity index (χ2n) is 10.4. The van der Waals surface area contributed by atoms with Crippen LogP contribution in [0.2, 0.25) is 0 Å². The summed E-state index contributed by atoms with van der Waals surface area (Å²) in [5, 5.41) is 2.92. The van der Waals surface area contributed by atoms with Crippen molar-refractivity contribution in [1.29, 1.82) is 0 Å². The number of rotatable bonds is 3. The Morgan fingerprint density at radius 3 is 2.54 bits per heavy atom. The first kappa shape index (κ1) is 25.7. The molecule has 2 aromatic carbocycles. The number of ether oxygens (including phenoxy) is 1. The minimum absolute atomic E-state index is 0.0437. The number of anilines is 2. The van der Waals surface area contributed by atoms with Gasteiger partial charge < -0.3 is 15.8 Å². The van der Waals surface area contributed by atoms with E-state index in [0.29, 0.717) is 33.5 Å². The zero-order valence-electron chi connectivity index (χ0n) is 21.0. The number of hydrogen-bond donors (Lipinski definition) is 2. The Morgan fingerprint density at radius 2 is 1.86 bits per heavy atom. The van der Waals surface area contributed by atoms with Gasteiger partial charge in [0, 0.05) is 37.9 Å². The normalized spacial score (nSPS) is 22.3. The lowest BCUT2D eigenvalue weighted by Crippen LogP contribution is -2.54. The summed E-state index contributed by atoms with van der Waals surface area (Å²) in [6, 6.07) is 11.1. The fraction of sp³-hybridized carbons (Fsp3) is 0.321. The van der Waals surface area contributed by atoms with E-state index in [1.165, 1.54) is 0 Å². The smallest absolute Gasteiger partial charge is 0.339 e. The Balaban J connectivity index is 1.94. The minimum atomic E-state index is -1.71. The number of benzene rings is 2. The molecule has 5 rings (SSSR count). The monoisotopic (exact) mass is 627 g/mol. The van der Waals surface area contributed by atoms with Crippen molar-refractivity contribution in [3.8, 4) is 0 Å². The number of nitrogens with two attached hydrogens (primary N) is 1. The first-order chi connectivity index (χ1) is 17.4. The lowest BCUT2D eigenvalue weighted by Gasteiger charge is -2.47. The third kappa shape index (κ3) is 3.77. The second-order valence-corrected chi connectivity index (χ2v) is 12.2. The van der Waals surface area contributed by atoms with Gasteiger partial charge in [-0.1, -0.05) is 47.5 Å². The van der Waals surface area contributed by atoms with Crippen molar-refractivity contribution in [2.45, 2.75) is 46.0 Å². The van der Waals surface area contributed by atoms with Gasteiger partial charge in [-0.05, 0) is 65.9 Å². The van der Waals surface area contributed by atoms with E-state index in [0.717, 1.165) is 10.0 Å². The summed E-state index contributed by atoms with van der Waals surface area (Å²) in [5.41, 5.74) is 8.27. The highest BCUT2D eigenvalue weighted by molar-refractivity contribution is 9.11. The van der Waals surface area contributed by atoms with Gasteiger partial charge in [0.1, 0.15) is 16.8 Å². The van der Waals surface area contributed by atoms with Gasteiger partial charge in [0.05, 0.1) is 12.3 Å². The Bertz CT molecular complexity index is 1460. The Kier molecular flexibility index (Phi) is 6.15. The van der Waals surface area contributed by atoms with E-state index in [9.17, 15) is 14.4 Å². The number of nitrogens with one attached hydrogen (secondary N) is 1. The van der Waals surface area contributed by atoms with E-state index in [2.05, 4.69) is 37.2 Å². The summed E-state index contributed by atoms with van der Waals surface area (Å²) >= 11 is 7.11. The number of carbonyl (C=O) groups is 3. The molecule has 0 saturated heterocycles. The van der Waals surface area contributed by atoms with Crippen LogP contribution in [-0.2, 0) is 24.5 Å². The summed E-state index contributed by atoms with van der Waals surface area (Å²) in [7, 11) is 0. The van der Waals surface area contributed by atoms with Crippen molar-refractivity contribution in [2.24, 2.45) is 11.1 Å². The molecule has 0 bridgehead atoms. The third-order valence-electron chi connectivity index (χ3n) is 7.17. The highest BCUT2D eigenvalue weighted by Crippen LogP contribution is 2.58. The minimum Gasteiger partial charge on any atom is -0.462 e. The van der Waals surface area contributed by atoms with Gasteiger partial charge in [0.15, 0.2) is 5.78 Å². The molecule has 1 spiro atoms. The van der Waals surface area contributed by atoms with Crippen molar-refractivity contribution < 1.29 is 19.1 Å². The molecule has 1 amide bonds. The predicted molar refractivity (Wildman–Crippen MR) is 149 cm³/mol. The van der Waals surface area contributed by atoms with Crippen LogP contribution >= 0.6 is 31.9 Å². The van der Waals surface area contributed by atoms with E-state index in [1.54, 1.807) is 17.9 Å². The van der Waals surface area contributed by atoms with Crippen LogP contribution in [0.5, 0.6) is 0 Å². The molecule has 192 valence electrons. The number of hydrogen-bond acceptors (Lipinski definition) is 6. The van der Waals surface area contributed by atoms with Gasteiger partial charge in [-0.3, -0.25) is 14.5 Å². The Labute approximate surface area is 232 Å². The predicted octanol–water partition coefficient (Wildman–Crippen LogP) is 5.61. The number of esters is 1. The van der Waals surface area contributed by atoms with Gasteiger partial charge in [-0.15, -0.1) is 0 Å². The van der Waals surface area contributed by atoms with Crippen LogP contribution in [0.15, 0.2) is 68.0 Å². The average molecular weight is 629 g/mol. The molecule has 1 unspecified atom stereocenters. The SMILES string of the molecule is CCOC(=O)C1=C(N)N(c2ccc(Br)cc2Br)C2=C(C(=O)CC(C)(C)C2)C12C(=O)Nc1ccc(C)cc12. The summed E-state index contributed by atoms with van der Waals surface area (Å²) in [6.45, 7) is 7.72. The maximum atomic E-state index is 14.1. The third-order valence-corrected chi connectivity index (χ3v) is 8.30. The molecule has 37 heavy (non-hydrogen) atoms. The van der Waals surface area contributed by atoms with Crippen LogP contribution in [0.3, 0.4) is 0 Å². The summed E-state index contributed by atoms with van der Waals surface area (Å²) in [6.07, 6.45) is 0.705. The summed E-state index contributed by atoms with van der Waals surface area (Å²) in [4.78, 5) is 43.6. The van der Waals surface area contributed by atoms with E-state index < -0.39 is 17.3 Å². The van der Waals surface area contributed by atoms with E-state index in [4.69, 9.17) is 10.5 Å². The fourth-order valence-corrected chi connectivity index (χ4v) is 7.01. The second kappa shape index (κ2) is 8.84. The first-order valence-electron chi connectivity index (χ1n) is 12.0. The van der Waals surface area contributed by atoms with E-state index in [-0.39, 0.29) is 41.2 Å². The van der Waals surface area contributed by atoms with Crippen LogP contribution < -0.4 is 16.0 Å². The number of allylic oxidation sites excluding steroid dienone is 1. The van der Waals surface area contributed by atoms with Crippen molar-refractivity contribution in [3.63, 3.8) is 0 Å². The zero-order chi connectivity index (χ0) is 26.9. The zero-order valence-corrected chi connectivity index (χ0v) is 24.2. The molecule has 7 nitrogen and oxygen atoms in total. The molecule has 0 aromatic heterocycles. The largest absolute Gasteiger partial charge is 0.462 e. The average Bonchev–Trinajstić information content (AvgIpc) is 3.05. The molecule has 2 heterocycles. The van der Waals surface area contributed by atoms with Crippen LogP contribution in [0.4, 0.5) is 11.4 Å². The maximum absolute atomic E-state index is 14.1. The van der Waals surface area contributed by atoms with Gasteiger partial charge >= 0.3 is 5.97 Å². The highest BCUT2D eigenvalue weighted by Gasteiger charge is 2.63. The van der Waals surface area contributed by atoms with Crippen LogP contribution in [0, 0.1) is 12.3 Å². The van der Waals surface area contributed by atoms with E-state index >= 15 is 0 Å². The fourth-order valence-electron chi connectivity index (χ4n) is 5.79. The van der Waals surface area contributed by atoms with Gasteiger partial charge in [0.25, 0.3) is 0 Å². The number of halogens is 2. The number of carbonyl (C=O) groups excluding carboxylic acids is 3. The molecule has 0 radical (unpaired) electrons. The molecule has 1 aliphatic carbocycles. The molecule has 2 aromatic rings. The number of fused-ring (bicyclic) bond motifs is 3. The lowest BCUT2D eigenvalue weighted by atomic mass is 9.60. The van der Waals surface area contributed by atoms with E-state index in [1.807, 2.05) is 51.1 Å².